The fraction of sp³-hybridized carbons (Fsp3) is 0.182. The molecule has 7 nitrogen and oxygen atoms in total. The minimum Gasteiger partial charge on any atom is -0.325 e. The fourth-order valence-electron chi connectivity index (χ4n) is 3.09. The summed E-state index contributed by atoms with van der Waals surface area (Å²) in [6, 6.07) is 16.6. The summed E-state index contributed by atoms with van der Waals surface area (Å²) in [5, 5.41) is 8.18. The van der Waals surface area contributed by atoms with Gasteiger partial charge in [0.1, 0.15) is 5.52 Å². The van der Waals surface area contributed by atoms with Crippen LogP contribution in [0.4, 0.5) is 5.69 Å². The number of fused-ring (bicyclic) bond motifs is 1. The molecule has 0 unspecified atom stereocenters. The van der Waals surface area contributed by atoms with Crippen molar-refractivity contribution in [3.8, 4) is 0 Å². The van der Waals surface area contributed by atoms with Gasteiger partial charge in [-0.15, -0.1) is 0 Å². The van der Waals surface area contributed by atoms with Gasteiger partial charge in [-0.3, -0.25) is 18.8 Å². The zero-order chi connectivity index (χ0) is 21.8. The fourth-order valence-corrected chi connectivity index (χ4v) is 4.08. The van der Waals surface area contributed by atoms with E-state index in [0.29, 0.717) is 40.0 Å². The van der Waals surface area contributed by atoms with Crippen molar-refractivity contribution in [3.63, 3.8) is 0 Å². The lowest BCUT2D eigenvalue weighted by molar-refractivity contribution is -0.113. The number of hydrogen-bond donors (Lipinski definition) is 1. The Labute approximate surface area is 188 Å². The van der Waals surface area contributed by atoms with Gasteiger partial charge in [0.15, 0.2) is 10.7 Å². The Morgan fingerprint density at radius 1 is 1.16 bits per heavy atom. The molecule has 0 aliphatic carbocycles. The van der Waals surface area contributed by atoms with Gasteiger partial charge in [-0.05, 0) is 30.7 Å². The summed E-state index contributed by atoms with van der Waals surface area (Å²) < 4.78 is 3.26. The Balaban J connectivity index is 1.62. The van der Waals surface area contributed by atoms with Crippen LogP contribution in [0.25, 0.3) is 11.0 Å². The standard InChI is InChI=1S/C22H20ClN5O2S/c1-2-27-13-18-20(26-27)21(30)28(12-15-7-4-3-5-8-15)22(25-18)31-14-19(29)24-17-10-6-9-16(23)11-17/h3-11,13H,2,12,14H2,1H3,(H,24,29). The van der Waals surface area contributed by atoms with Gasteiger partial charge < -0.3 is 5.32 Å². The number of nitrogens with one attached hydrogen (secondary N) is 1. The van der Waals surface area contributed by atoms with E-state index in [9.17, 15) is 9.59 Å². The zero-order valence-electron chi connectivity index (χ0n) is 16.8. The first-order chi connectivity index (χ1) is 15.0. The molecule has 0 radical (unpaired) electrons. The quantitative estimate of drug-likeness (QED) is 0.337. The average Bonchev–Trinajstić information content (AvgIpc) is 3.19. The summed E-state index contributed by atoms with van der Waals surface area (Å²) in [5.74, 6) is -0.113. The first-order valence-electron chi connectivity index (χ1n) is 9.73. The summed E-state index contributed by atoms with van der Waals surface area (Å²) in [4.78, 5) is 30.3. The highest BCUT2D eigenvalue weighted by molar-refractivity contribution is 7.99. The molecule has 158 valence electrons. The first-order valence-corrected chi connectivity index (χ1v) is 11.1. The molecule has 0 fully saturated rings. The van der Waals surface area contributed by atoms with Crippen LogP contribution in [0, 0.1) is 0 Å². The van der Waals surface area contributed by atoms with Gasteiger partial charge in [0.05, 0.1) is 18.5 Å². The molecule has 0 saturated heterocycles. The molecule has 9 heteroatoms. The van der Waals surface area contributed by atoms with Crippen LogP contribution in [0.2, 0.25) is 5.02 Å². The summed E-state index contributed by atoms with van der Waals surface area (Å²) in [5.41, 5.74) is 2.21. The smallest absolute Gasteiger partial charge is 0.282 e. The van der Waals surface area contributed by atoms with Crippen molar-refractivity contribution in [2.24, 2.45) is 0 Å². The van der Waals surface area contributed by atoms with Crippen LogP contribution < -0.4 is 10.9 Å². The largest absolute Gasteiger partial charge is 0.325 e. The molecule has 0 aliphatic heterocycles. The van der Waals surface area contributed by atoms with Crippen molar-refractivity contribution >= 4 is 46.0 Å². The maximum atomic E-state index is 13.2. The van der Waals surface area contributed by atoms with Gasteiger partial charge in [0, 0.05) is 17.3 Å². The first kappa shape index (κ1) is 21.1. The van der Waals surface area contributed by atoms with Crippen LogP contribution in [0.3, 0.4) is 0 Å². The van der Waals surface area contributed by atoms with Gasteiger partial charge in [0.25, 0.3) is 5.56 Å². The molecule has 1 N–H and O–H groups in total. The number of amides is 1. The number of aromatic nitrogens is 4. The van der Waals surface area contributed by atoms with Crippen molar-refractivity contribution in [3.05, 3.63) is 81.7 Å². The van der Waals surface area contributed by atoms with Crippen LogP contribution >= 0.6 is 23.4 Å². The number of benzene rings is 2. The molecule has 4 aromatic rings. The van der Waals surface area contributed by atoms with Crippen molar-refractivity contribution < 1.29 is 4.79 Å². The molecule has 2 aromatic heterocycles. The zero-order valence-corrected chi connectivity index (χ0v) is 18.4. The second kappa shape index (κ2) is 9.36. The second-order valence-corrected chi connectivity index (χ2v) is 8.22. The van der Waals surface area contributed by atoms with Crippen LogP contribution in [0.1, 0.15) is 12.5 Å². The van der Waals surface area contributed by atoms with Gasteiger partial charge >= 0.3 is 0 Å². The number of thioether (sulfide) groups is 1. The van der Waals surface area contributed by atoms with Crippen LogP contribution in [0.5, 0.6) is 0 Å². The van der Waals surface area contributed by atoms with E-state index in [1.54, 1.807) is 39.7 Å². The Hall–Kier alpha value is -3.10. The van der Waals surface area contributed by atoms with E-state index in [4.69, 9.17) is 11.6 Å². The SMILES string of the molecule is CCn1cc2nc(SCC(=O)Nc3cccc(Cl)c3)n(Cc3ccccc3)c(=O)c2n1. The van der Waals surface area contributed by atoms with E-state index in [-0.39, 0.29) is 17.2 Å². The topological polar surface area (TPSA) is 81.8 Å². The lowest BCUT2D eigenvalue weighted by Crippen LogP contribution is -2.25. The molecule has 1 amide bonds. The average molecular weight is 454 g/mol. The third-order valence-electron chi connectivity index (χ3n) is 4.59. The summed E-state index contributed by atoms with van der Waals surface area (Å²) in [6.07, 6.45) is 1.75. The number of anilines is 1. The Kier molecular flexibility index (Phi) is 6.39. The molecule has 0 atom stereocenters. The van der Waals surface area contributed by atoms with E-state index < -0.39 is 0 Å². The van der Waals surface area contributed by atoms with Gasteiger partial charge in [0.2, 0.25) is 5.91 Å². The van der Waals surface area contributed by atoms with Gasteiger partial charge in [-0.1, -0.05) is 59.8 Å². The van der Waals surface area contributed by atoms with Crippen molar-refractivity contribution in [1.82, 2.24) is 19.3 Å². The Bertz CT molecular complexity index is 1290. The molecular weight excluding hydrogens is 434 g/mol. The van der Waals surface area contributed by atoms with Crippen molar-refractivity contribution in [2.45, 2.75) is 25.2 Å². The highest BCUT2D eigenvalue weighted by atomic mass is 35.5. The number of hydrogen-bond acceptors (Lipinski definition) is 5. The molecule has 0 bridgehead atoms. The normalized spacial score (nSPS) is 11.0. The van der Waals surface area contributed by atoms with E-state index in [0.717, 1.165) is 5.56 Å². The number of carbonyl (C=O) groups is 1. The number of rotatable bonds is 7. The molecule has 0 spiro atoms. The van der Waals surface area contributed by atoms with E-state index in [1.165, 1.54) is 11.8 Å². The molecule has 2 heterocycles. The number of aryl methyl sites for hydroxylation is 1. The van der Waals surface area contributed by atoms with Crippen LogP contribution in [-0.2, 0) is 17.9 Å². The van der Waals surface area contributed by atoms with E-state index in [2.05, 4.69) is 15.4 Å². The third kappa shape index (κ3) is 4.98. The van der Waals surface area contributed by atoms with E-state index >= 15 is 0 Å². The lowest BCUT2D eigenvalue weighted by atomic mass is 10.2. The number of carbonyl (C=O) groups excluding carboxylic acids is 1. The summed E-state index contributed by atoms with van der Waals surface area (Å²) in [7, 11) is 0. The van der Waals surface area contributed by atoms with Gasteiger partial charge in [-0.2, -0.15) is 5.10 Å². The minimum atomic E-state index is -0.223. The monoisotopic (exact) mass is 453 g/mol. The molecule has 4 rings (SSSR count). The van der Waals surface area contributed by atoms with Crippen molar-refractivity contribution in [1.29, 1.82) is 0 Å². The third-order valence-corrected chi connectivity index (χ3v) is 5.80. The predicted molar refractivity (Wildman–Crippen MR) is 124 cm³/mol. The Morgan fingerprint density at radius 2 is 1.97 bits per heavy atom. The molecule has 31 heavy (non-hydrogen) atoms. The van der Waals surface area contributed by atoms with E-state index in [1.807, 2.05) is 37.3 Å². The molecule has 0 aliphatic rings. The highest BCUT2D eigenvalue weighted by Gasteiger charge is 2.16. The summed E-state index contributed by atoms with van der Waals surface area (Å²) >= 11 is 7.19. The maximum Gasteiger partial charge on any atom is 0.282 e. The highest BCUT2D eigenvalue weighted by Crippen LogP contribution is 2.20. The lowest BCUT2D eigenvalue weighted by Gasteiger charge is -2.12. The maximum absolute atomic E-state index is 13.2. The molecule has 2 aromatic carbocycles. The van der Waals surface area contributed by atoms with Crippen LogP contribution in [-0.4, -0.2) is 31.0 Å². The predicted octanol–water partition coefficient (Wildman–Crippen LogP) is 4.05. The second-order valence-electron chi connectivity index (χ2n) is 6.84. The van der Waals surface area contributed by atoms with Gasteiger partial charge in [-0.25, -0.2) is 4.98 Å². The minimum absolute atomic E-state index is 0.0984. The summed E-state index contributed by atoms with van der Waals surface area (Å²) in [6.45, 7) is 2.93. The number of halogens is 1. The van der Waals surface area contributed by atoms with Crippen LogP contribution in [0.15, 0.2) is 70.7 Å². The number of nitrogens with zero attached hydrogens (tertiary/aromatic N) is 4. The van der Waals surface area contributed by atoms with Crippen molar-refractivity contribution in [2.75, 3.05) is 11.1 Å². The molecule has 0 saturated carbocycles. The Morgan fingerprint density at radius 3 is 2.71 bits per heavy atom. The molecular formula is C22H20ClN5O2S.